The highest BCUT2D eigenvalue weighted by Gasteiger charge is 2.22. The van der Waals surface area contributed by atoms with Crippen LogP contribution in [-0.4, -0.2) is 34.8 Å². The number of H-pyrrole nitrogens is 1. The zero-order valence-electron chi connectivity index (χ0n) is 16.7. The number of aromatic amines is 1. The van der Waals surface area contributed by atoms with E-state index in [1.807, 2.05) is 24.3 Å². The molecule has 2 atom stereocenters. The molecule has 9 heteroatoms. The van der Waals surface area contributed by atoms with E-state index >= 15 is 0 Å². The zero-order chi connectivity index (χ0) is 22.5. The van der Waals surface area contributed by atoms with E-state index in [1.165, 1.54) is 6.92 Å². The van der Waals surface area contributed by atoms with Gasteiger partial charge >= 0.3 is 0 Å². The summed E-state index contributed by atoms with van der Waals surface area (Å²) in [6, 6.07) is 8.29. The predicted octanol–water partition coefficient (Wildman–Crippen LogP) is 1.71. The Hall–Kier alpha value is -3.59. The van der Waals surface area contributed by atoms with Crippen molar-refractivity contribution < 1.29 is 23.2 Å². The van der Waals surface area contributed by atoms with Crippen molar-refractivity contribution >= 4 is 28.6 Å². The highest BCUT2D eigenvalue weighted by molar-refractivity contribution is 6.01. The molecule has 0 spiro atoms. The molecule has 1 heterocycles. The van der Waals surface area contributed by atoms with Gasteiger partial charge in [-0.3, -0.25) is 19.7 Å². The summed E-state index contributed by atoms with van der Waals surface area (Å²) < 4.78 is 26.4. The second-order valence-corrected chi connectivity index (χ2v) is 7.27. The van der Waals surface area contributed by atoms with Crippen molar-refractivity contribution in [3.05, 3.63) is 71.4 Å². The van der Waals surface area contributed by atoms with Crippen LogP contribution < -0.4 is 16.4 Å². The molecule has 3 amide bonds. The van der Waals surface area contributed by atoms with Crippen LogP contribution in [0, 0.1) is 11.6 Å². The molecule has 5 N–H and O–H groups in total. The first-order valence-corrected chi connectivity index (χ1v) is 9.62. The van der Waals surface area contributed by atoms with Gasteiger partial charge in [0.2, 0.25) is 17.7 Å². The Morgan fingerprint density at radius 3 is 2.45 bits per heavy atom. The third-order valence-electron chi connectivity index (χ3n) is 4.76. The van der Waals surface area contributed by atoms with E-state index in [9.17, 15) is 23.2 Å². The maximum Gasteiger partial charge on any atom is 0.248 e. The molecule has 0 aliphatic rings. The van der Waals surface area contributed by atoms with Crippen molar-refractivity contribution in [3.8, 4) is 0 Å². The first-order chi connectivity index (χ1) is 14.7. The van der Waals surface area contributed by atoms with Crippen LogP contribution in [0.4, 0.5) is 8.78 Å². The summed E-state index contributed by atoms with van der Waals surface area (Å²) in [5, 5.41) is 5.50. The fourth-order valence-electron chi connectivity index (χ4n) is 3.21. The minimum absolute atomic E-state index is 0.124. The number of imide groups is 1. The average molecular weight is 428 g/mol. The predicted molar refractivity (Wildman–Crippen MR) is 111 cm³/mol. The van der Waals surface area contributed by atoms with Gasteiger partial charge in [-0.15, -0.1) is 0 Å². The van der Waals surface area contributed by atoms with Crippen LogP contribution in [0.15, 0.2) is 48.7 Å². The lowest BCUT2D eigenvalue weighted by atomic mass is 10.0. The number of hydrogen-bond acceptors (Lipinski definition) is 4. The minimum Gasteiger partial charge on any atom is -0.361 e. The van der Waals surface area contributed by atoms with Gasteiger partial charge in [-0.25, -0.2) is 8.78 Å². The van der Waals surface area contributed by atoms with Crippen molar-refractivity contribution in [3.63, 3.8) is 0 Å². The molecule has 0 fully saturated rings. The van der Waals surface area contributed by atoms with Crippen molar-refractivity contribution in [2.24, 2.45) is 5.73 Å². The fourth-order valence-corrected chi connectivity index (χ4v) is 3.21. The largest absolute Gasteiger partial charge is 0.361 e. The molecule has 1 aromatic heterocycles. The van der Waals surface area contributed by atoms with Crippen molar-refractivity contribution in [2.45, 2.75) is 31.8 Å². The molecule has 7 nitrogen and oxygen atoms in total. The third-order valence-corrected chi connectivity index (χ3v) is 4.76. The summed E-state index contributed by atoms with van der Waals surface area (Å²) >= 11 is 0. The number of hydrogen-bond donors (Lipinski definition) is 4. The molecule has 0 unspecified atom stereocenters. The quantitative estimate of drug-likeness (QED) is 0.458. The van der Waals surface area contributed by atoms with Crippen LogP contribution in [0.25, 0.3) is 10.9 Å². The van der Waals surface area contributed by atoms with Gasteiger partial charge in [0, 0.05) is 23.2 Å². The molecule has 0 aliphatic heterocycles. The fraction of sp³-hybridized carbons (Fsp3) is 0.227. The first kappa shape index (κ1) is 22.1. The number of fused-ring (bicyclic) bond motifs is 1. The van der Waals surface area contributed by atoms with Crippen LogP contribution in [0.1, 0.15) is 18.1 Å². The topological polar surface area (TPSA) is 117 Å². The number of rotatable bonds is 7. The van der Waals surface area contributed by atoms with Gasteiger partial charge in [0.05, 0.1) is 12.5 Å². The van der Waals surface area contributed by atoms with E-state index in [0.717, 1.165) is 28.6 Å². The lowest BCUT2D eigenvalue weighted by Crippen LogP contribution is -2.51. The molecular weight excluding hydrogens is 406 g/mol. The smallest absolute Gasteiger partial charge is 0.248 e. The SMILES string of the molecule is C[C@H](NC(=O)Cc1cc(F)cc(F)c1)C(=O)NC(=O)[C@@H](N)Cc1c[nH]c2ccccc12. The third kappa shape index (κ3) is 5.73. The van der Waals surface area contributed by atoms with Gasteiger partial charge in [0.1, 0.15) is 17.7 Å². The Kier molecular flexibility index (Phi) is 6.76. The monoisotopic (exact) mass is 428 g/mol. The van der Waals surface area contributed by atoms with E-state index in [0.29, 0.717) is 6.07 Å². The van der Waals surface area contributed by atoms with Gasteiger partial charge in [-0.1, -0.05) is 18.2 Å². The summed E-state index contributed by atoms with van der Waals surface area (Å²) in [5.74, 6) is -3.64. The number of benzene rings is 2. The van der Waals surface area contributed by atoms with Crippen LogP contribution in [0.5, 0.6) is 0 Å². The summed E-state index contributed by atoms with van der Waals surface area (Å²) in [7, 11) is 0. The number of halogens is 2. The molecule has 0 bridgehead atoms. The Bertz CT molecular complexity index is 1110. The molecule has 2 aromatic carbocycles. The molecule has 0 saturated carbocycles. The van der Waals surface area contributed by atoms with E-state index in [-0.39, 0.29) is 18.4 Å². The molecule has 0 saturated heterocycles. The van der Waals surface area contributed by atoms with Crippen molar-refractivity contribution in [1.82, 2.24) is 15.6 Å². The number of aromatic nitrogens is 1. The number of carbonyl (C=O) groups is 3. The van der Waals surface area contributed by atoms with E-state index in [4.69, 9.17) is 5.73 Å². The average Bonchev–Trinajstić information content (AvgIpc) is 3.09. The molecule has 162 valence electrons. The van der Waals surface area contributed by atoms with Crippen LogP contribution in [-0.2, 0) is 27.2 Å². The molecule has 0 radical (unpaired) electrons. The Morgan fingerprint density at radius 1 is 1.06 bits per heavy atom. The number of nitrogens with two attached hydrogens (primary N) is 1. The maximum atomic E-state index is 13.2. The van der Waals surface area contributed by atoms with Gasteiger partial charge in [0.15, 0.2) is 0 Å². The molecule has 3 rings (SSSR count). The Morgan fingerprint density at radius 2 is 1.74 bits per heavy atom. The first-order valence-electron chi connectivity index (χ1n) is 9.62. The summed E-state index contributed by atoms with van der Waals surface area (Å²) in [6.45, 7) is 1.39. The van der Waals surface area contributed by atoms with Crippen molar-refractivity contribution in [2.75, 3.05) is 0 Å². The van der Waals surface area contributed by atoms with Crippen LogP contribution in [0.3, 0.4) is 0 Å². The Labute approximate surface area is 177 Å². The second kappa shape index (κ2) is 9.48. The summed E-state index contributed by atoms with van der Waals surface area (Å²) in [6.07, 6.45) is 1.66. The van der Waals surface area contributed by atoms with Gasteiger partial charge in [-0.2, -0.15) is 0 Å². The molecular formula is C22H22F2N4O3. The highest BCUT2D eigenvalue weighted by Crippen LogP contribution is 2.18. The Balaban J connectivity index is 1.52. The van der Waals surface area contributed by atoms with E-state index < -0.39 is 41.4 Å². The number of nitrogens with one attached hydrogen (secondary N) is 3. The lowest BCUT2D eigenvalue weighted by molar-refractivity contribution is -0.134. The second-order valence-electron chi connectivity index (χ2n) is 7.27. The summed E-state index contributed by atoms with van der Waals surface area (Å²) in [4.78, 5) is 39.7. The normalized spacial score (nSPS) is 12.9. The molecule has 0 aliphatic carbocycles. The lowest BCUT2D eigenvalue weighted by Gasteiger charge is -2.16. The molecule has 31 heavy (non-hydrogen) atoms. The number of carbonyl (C=O) groups excluding carboxylic acids is 3. The van der Waals surface area contributed by atoms with E-state index in [1.54, 1.807) is 6.20 Å². The summed E-state index contributed by atoms with van der Waals surface area (Å²) in [5.41, 5.74) is 7.82. The maximum absolute atomic E-state index is 13.2. The van der Waals surface area contributed by atoms with Gasteiger partial charge in [0.25, 0.3) is 0 Å². The van der Waals surface area contributed by atoms with Gasteiger partial charge < -0.3 is 16.0 Å². The van der Waals surface area contributed by atoms with Crippen LogP contribution >= 0.6 is 0 Å². The van der Waals surface area contributed by atoms with Crippen molar-refractivity contribution in [1.29, 1.82) is 0 Å². The van der Waals surface area contributed by atoms with E-state index in [2.05, 4.69) is 15.6 Å². The minimum atomic E-state index is -1.05. The zero-order valence-corrected chi connectivity index (χ0v) is 16.7. The van der Waals surface area contributed by atoms with Crippen LogP contribution in [0.2, 0.25) is 0 Å². The number of amides is 3. The standard InChI is InChI=1S/C22H22F2N4O3/c1-12(27-20(29)8-13-6-15(23)10-16(24)7-13)21(30)28-22(31)18(25)9-14-11-26-19-5-3-2-4-17(14)19/h2-7,10-12,18,26H,8-9,25H2,1H3,(H,27,29)(H,28,30,31)/t12-,18-/m0/s1. The highest BCUT2D eigenvalue weighted by atomic mass is 19.1. The number of para-hydroxylation sites is 1. The van der Waals surface area contributed by atoms with Gasteiger partial charge in [-0.05, 0) is 42.7 Å². The molecule has 3 aromatic rings.